The minimum atomic E-state index is -2.18. The lowest BCUT2D eigenvalue weighted by Gasteiger charge is -2.31. The van der Waals surface area contributed by atoms with Gasteiger partial charge in [0.15, 0.2) is 0 Å². The normalized spacial score (nSPS) is 13.1. The first-order valence-electron chi connectivity index (χ1n) is 16.2. The number of hydrogen-bond donors (Lipinski definition) is 0. The Balaban J connectivity index is 6.08. The molecule has 0 heterocycles. The summed E-state index contributed by atoms with van der Waals surface area (Å²) in [5.74, 6) is -2.11. The third-order valence-corrected chi connectivity index (χ3v) is 9.53. The van der Waals surface area contributed by atoms with Gasteiger partial charge in [-0.25, -0.2) is 0 Å². The molecule has 0 N–H and O–H groups in total. The van der Waals surface area contributed by atoms with Gasteiger partial charge in [-0.15, -0.1) is 0 Å². The third kappa shape index (κ3) is 27.9. The molecule has 0 aliphatic rings. The highest BCUT2D eigenvalue weighted by Crippen LogP contribution is 2.10. The molecule has 18 heteroatoms. The zero-order chi connectivity index (χ0) is 37.0. The highest BCUT2D eigenvalue weighted by atomic mass is 28.4. The minimum Gasteiger partial charge on any atom is -0.519 e. The Labute approximate surface area is 288 Å². The summed E-state index contributed by atoms with van der Waals surface area (Å²) < 4.78 is 28.3. The van der Waals surface area contributed by atoms with Crippen molar-refractivity contribution in [1.29, 1.82) is 0 Å². The maximum Gasteiger partial charge on any atom is 0.306 e. The van der Waals surface area contributed by atoms with E-state index in [-0.39, 0.29) is 58.9 Å². The van der Waals surface area contributed by atoms with Gasteiger partial charge in [-0.3, -0.25) is 38.7 Å². The fourth-order valence-electron chi connectivity index (χ4n) is 4.05. The van der Waals surface area contributed by atoms with Gasteiger partial charge in [0.1, 0.15) is 0 Å². The van der Waals surface area contributed by atoms with Gasteiger partial charge in [0.2, 0.25) is 41.6 Å². The molecule has 0 aromatic rings. The number of carbonyl (C=O) groups is 5. The fraction of sp³-hybridized carbons (Fsp3) is 0.828. The molecule has 0 radical (unpaired) electrons. The Morgan fingerprint density at radius 3 is 0.638 bits per heavy atom. The summed E-state index contributed by atoms with van der Waals surface area (Å²) in [6, 6.07) is 0. The Hall–Kier alpha value is -1.69. The molecule has 0 bridgehead atoms. The molecule has 0 fully saturated rings. The van der Waals surface area contributed by atoms with E-state index in [4.69, 9.17) is 22.1 Å². The van der Waals surface area contributed by atoms with Crippen LogP contribution in [0.2, 0.25) is 98.2 Å². The quantitative estimate of drug-likeness (QED) is 0.157. The second-order valence-electron chi connectivity index (χ2n) is 16.6. The standard InChI is InChI=1S/C29H63N3O10Si5/c1-43(2,3)38-25(33)20-30(16-18-31(21-26(34)39-44(4,5)6)22-27(35)40-45(7,8)9)17-19-32(23-28(36)41-46(10,11)12)24-29(37)42-47(13,14)15/h16-24H2,1-15H3. The van der Waals surface area contributed by atoms with E-state index >= 15 is 0 Å². The van der Waals surface area contributed by atoms with Crippen LogP contribution in [0.1, 0.15) is 0 Å². The summed E-state index contributed by atoms with van der Waals surface area (Å²) in [5.41, 5.74) is 0. The predicted octanol–water partition coefficient (Wildman–Crippen LogP) is 3.78. The maximum absolute atomic E-state index is 13.0. The van der Waals surface area contributed by atoms with Crippen LogP contribution >= 0.6 is 0 Å². The maximum atomic E-state index is 13.0. The van der Waals surface area contributed by atoms with E-state index in [9.17, 15) is 24.0 Å². The van der Waals surface area contributed by atoms with Gasteiger partial charge < -0.3 is 22.1 Å². The van der Waals surface area contributed by atoms with Crippen molar-refractivity contribution in [2.24, 2.45) is 0 Å². The minimum absolute atomic E-state index is 0.0522. The highest BCUT2D eigenvalue weighted by Gasteiger charge is 2.29. The summed E-state index contributed by atoms with van der Waals surface area (Å²) in [6.07, 6.45) is 0. The van der Waals surface area contributed by atoms with E-state index in [0.29, 0.717) is 0 Å². The van der Waals surface area contributed by atoms with Gasteiger partial charge in [0, 0.05) is 26.2 Å². The molecule has 13 nitrogen and oxygen atoms in total. The summed E-state index contributed by atoms with van der Waals surface area (Å²) >= 11 is 0. The van der Waals surface area contributed by atoms with Gasteiger partial charge in [0.25, 0.3) is 0 Å². The van der Waals surface area contributed by atoms with E-state index in [0.717, 1.165) is 0 Å². The molecule has 274 valence electrons. The van der Waals surface area contributed by atoms with Crippen molar-refractivity contribution in [2.45, 2.75) is 98.2 Å². The van der Waals surface area contributed by atoms with Crippen molar-refractivity contribution >= 4 is 71.4 Å². The molecule has 0 saturated carbocycles. The van der Waals surface area contributed by atoms with Crippen molar-refractivity contribution in [1.82, 2.24) is 14.7 Å². The number of carbonyl (C=O) groups excluding carboxylic acids is 5. The number of hydrogen-bond acceptors (Lipinski definition) is 13. The first-order chi connectivity index (χ1) is 20.9. The van der Waals surface area contributed by atoms with Crippen molar-refractivity contribution in [3.63, 3.8) is 0 Å². The smallest absolute Gasteiger partial charge is 0.306 e. The first-order valence-corrected chi connectivity index (χ1v) is 33.2. The molecule has 0 aliphatic heterocycles. The second-order valence-corrected chi connectivity index (χ2v) is 38.8. The molecule has 0 aromatic carbocycles. The van der Waals surface area contributed by atoms with Crippen molar-refractivity contribution in [3.8, 4) is 0 Å². The third-order valence-electron chi connectivity index (χ3n) is 5.33. The average molecular weight is 754 g/mol. The lowest BCUT2D eigenvalue weighted by Crippen LogP contribution is -2.48. The fourth-order valence-corrected chi connectivity index (χ4v) is 7.78. The van der Waals surface area contributed by atoms with E-state index in [1.54, 1.807) is 9.80 Å². The zero-order valence-corrected chi connectivity index (χ0v) is 36.8. The lowest BCUT2D eigenvalue weighted by atomic mass is 10.3. The van der Waals surface area contributed by atoms with E-state index in [1.807, 2.05) is 103 Å². The van der Waals surface area contributed by atoms with Crippen molar-refractivity contribution < 1.29 is 46.1 Å². The molecule has 47 heavy (non-hydrogen) atoms. The molecule has 0 atom stereocenters. The van der Waals surface area contributed by atoms with Gasteiger partial charge in [-0.1, -0.05) is 0 Å². The number of nitrogens with zero attached hydrogens (tertiary/aromatic N) is 3. The Morgan fingerprint density at radius 1 is 0.319 bits per heavy atom. The molecule has 0 aromatic heterocycles. The molecular formula is C29H63N3O10Si5. The van der Waals surface area contributed by atoms with E-state index in [2.05, 4.69) is 0 Å². The van der Waals surface area contributed by atoms with Crippen LogP contribution in [0.25, 0.3) is 0 Å². The molecule has 0 rings (SSSR count). The largest absolute Gasteiger partial charge is 0.519 e. The average Bonchev–Trinajstić information content (AvgIpc) is 2.73. The van der Waals surface area contributed by atoms with Crippen LogP contribution in [0.15, 0.2) is 0 Å². The lowest BCUT2D eigenvalue weighted by molar-refractivity contribution is -0.141. The van der Waals surface area contributed by atoms with Gasteiger partial charge >= 0.3 is 29.8 Å². The Morgan fingerprint density at radius 2 is 0.468 bits per heavy atom. The summed E-state index contributed by atoms with van der Waals surface area (Å²) in [5, 5.41) is 0. The van der Waals surface area contributed by atoms with Crippen LogP contribution in [-0.4, -0.2) is 145 Å². The Bertz CT molecular complexity index is 933. The van der Waals surface area contributed by atoms with E-state index < -0.39 is 71.4 Å². The topological polar surface area (TPSA) is 141 Å². The number of rotatable bonds is 21. The zero-order valence-electron chi connectivity index (χ0n) is 31.8. The second kappa shape index (κ2) is 18.9. The first kappa shape index (κ1) is 45.3. The SMILES string of the molecule is C[Si](C)(C)OC(=O)CN(CCN(CC(=O)O[Si](C)(C)C)CC(=O)O[Si](C)(C)C)CCN(CC(=O)O[Si](C)(C)C)CC(=O)O[Si](C)(C)C. The van der Waals surface area contributed by atoms with Gasteiger partial charge in [-0.05, 0) is 98.2 Å². The molecule has 0 spiro atoms. The van der Waals surface area contributed by atoms with Gasteiger partial charge in [0.05, 0.1) is 32.7 Å². The van der Waals surface area contributed by atoms with Crippen molar-refractivity contribution in [2.75, 3.05) is 58.9 Å². The van der Waals surface area contributed by atoms with E-state index in [1.165, 1.54) is 0 Å². The summed E-state index contributed by atoms with van der Waals surface area (Å²) in [7, 11) is -10.8. The highest BCUT2D eigenvalue weighted by molar-refractivity contribution is 6.72. The van der Waals surface area contributed by atoms with Crippen LogP contribution in [-0.2, 0) is 46.1 Å². The molecule has 0 aliphatic carbocycles. The molecule has 0 saturated heterocycles. The van der Waals surface area contributed by atoms with Crippen molar-refractivity contribution in [3.05, 3.63) is 0 Å². The predicted molar refractivity (Wildman–Crippen MR) is 197 cm³/mol. The monoisotopic (exact) mass is 753 g/mol. The van der Waals surface area contributed by atoms with Crippen LogP contribution in [0.5, 0.6) is 0 Å². The Kier molecular flexibility index (Phi) is 18.2. The van der Waals surface area contributed by atoms with Crippen LogP contribution < -0.4 is 0 Å². The van der Waals surface area contributed by atoms with Crippen LogP contribution in [0, 0.1) is 0 Å². The van der Waals surface area contributed by atoms with Crippen LogP contribution in [0.4, 0.5) is 0 Å². The molecule has 0 amide bonds. The molecular weight excluding hydrogens is 691 g/mol. The summed E-state index contributed by atoms with van der Waals surface area (Å²) in [4.78, 5) is 69.3. The molecule has 0 unspecified atom stereocenters. The van der Waals surface area contributed by atoms with Gasteiger partial charge in [-0.2, -0.15) is 0 Å². The summed E-state index contributed by atoms with van der Waals surface area (Å²) in [6.45, 7) is 29.2. The van der Waals surface area contributed by atoms with Crippen LogP contribution in [0.3, 0.4) is 0 Å².